The molecule has 1 heterocycles. The molecule has 1 atom stereocenters. The van der Waals surface area contributed by atoms with Crippen LogP contribution in [0.15, 0.2) is 42.5 Å². The van der Waals surface area contributed by atoms with Gasteiger partial charge in [-0.1, -0.05) is 18.2 Å². The fraction of sp³-hybridized carbons (Fsp3) is 0.350. The van der Waals surface area contributed by atoms with Crippen LogP contribution in [0.25, 0.3) is 0 Å². The number of rotatable bonds is 7. The van der Waals surface area contributed by atoms with Gasteiger partial charge >= 0.3 is 0 Å². The van der Waals surface area contributed by atoms with E-state index in [1.807, 2.05) is 42.5 Å². The van der Waals surface area contributed by atoms with Crippen molar-refractivity contribution in [2.24, 2.45) is 0 Å². The van der Waals surface area contributed by atoms with Gasteiger partial charge < -0.3 is 24.3 Å². The van der Waals surface area contributed by atoms with Gasteiger partial charge in [0.05, 0.1) is 20.8 Å². The van der Waals surface area contributed by atoms with E-state index >= 15 is 0 Å². The van der Waals surface area contributed by atoms with E-state index in [4.69, 9.17) is 18.9 Å². The molecule has 2 aromatic carbocycles. The molecule has 0 saturated carbocycles. The molecule has 0 spiro atoms. The van der Waals surface area contributed by atoms with Gasteiger partial charge in [0.2, 0.25) is 5.91 Å². The number of carbonyl (C=O) groups is 1. The Balaban J connectivity index is 1.45. The van der Waals surface area contributed by atoms with Crippen molar-refractivity contribution in [2.75, 3.05) is 27.4 Å². The fourth-order valence-corrected chi connectivity index (χ4v) is 2.77. The minimum atomic E-state index is -0.185. The van der Waals surface area contributed by atoms with Crippen LogP contribution in [0.4, 0.5) is 0 Å². The van der Waals surface area contributed by atoms with Crippen LogP contribution in [0.3, 0.4) is 0 Å². The first-order valence-corrected chi connectivity index (χ1v) is 8.55. The molecule has 0 bridgehead atoms. The second-order valence-corrected chi connectivity index (χ2v) is 5.99. The molecule has 1 aliphatic heterocycles. The van der Waals surface area contributed by atoms with Crippen molar-refractivity contribution in [2.45, 2.75) is 18.9 Å². The molecule has 1 N–H and O–H groups in total. The number of ether oxygens (including phenoxy) is 4. The van der Waals surface area contributed by atoms with Gasteiger partial charge in [-0.05, 0) is 36.2 Å². The highest BCUT2D eigenvalue weighted by atomic mass is 16.6. The SMILES string of the molecule is COc1ccc(CCC(=O)NC[C@H]2COc3ccccc3O2)cc1OC. The Morgan fingerprint density at radius 1 is 1.12 bits per heavy atom. The predicted molar refractivity (Wildman–Crippen MR) is 97.2 cm³/mol. The number of benzene rings is 2. The van der Waals surface area contributed by atoms with Crippen LogP contribution >= 0.6 is 0 Å². The smallest absolute Gasteiger partial charge is 0.220 e. The monoisotopic (exact) mass is 357 g/mol. The van der Waals surface area contributed by atoms with Gasteiger partial charge in [-0.25, -0.2) is 0 Å². The molecular formula is C20H23NO5. The average Bonchev–Trinajstić information content (AvgIpc) is 2.70. The van der Waals surface area contributed by atoms with Crippen molar-refractivity contribution in [3.05, 3.63) is 48.0 Å². The molecule has 0 aromatic heterocycles. The number of aryl methyl sites for hydroxylation is 1. The fourth-order valence-electron chi connectivity index (χ4n) is 2.77. The normalized spacial score (nSPS) is 15.2. The third-order valence-electron chi connectivity index (χ3n) is 4.18. The van der Waals surface area contributed by atoms with Gasteiger partial charge in [0, 0.05) is 6.42 Å². The zero-order valence-corrected chi connectivity index (χ0v) is 15.0. The lowest BCUT2D eigenvalue weighted by atomic mass is 10.1. The molecule has 3 rings (SSSR count). The summed E-state index contributed by atoms with van der Waals surface area (Å²) >= 11 is 0. The molecule has 0 aliphatic carbocycles. The van der Waals surface area contributed by atoms with Crippen molar-refractivity contribution in [3.63, 3.8) is 0 Å². The Morgan fingerprint density at radius 2 is 1.88 bits per heavy atom. The van der Waals surface area contributed by atoms with E-state index in [-0.39, 0.29) is 12.0 Å². The van der Waals surface area contributed by atoms with Crippen molar-refractivity contribution < 1.29 is 23.7 Å². The summed E-state index contributed by atoms with van der Waals surface area (Å²) < 4.78 is 22.0. The van der Waals surface area contributed by atoms with E-state index in [1.54, 1.807) is 14.2 Å². The van der Waals surface area contributed by atoms with E-state index in [0.29, 0.717) is 43.2 Å². The Kier molecular flexibility index (Phi) is 5.84. The van der Waals surface area contributed by atoms with Crippen LogP contribution in [0.1, 0.15) is 12.0 Å². The topological polar surface area (TPSA) is 66.0 Å². The van der Waals surface area contributed by atoms with Crippen LogP contribution in [0, 0.1) is 0 Å². The summed E-state index contributed by atoms with van der Waals surface area (Å²) in [7, 11) is 3.19. The van der Waals surface area contributed by atoms with E-state index in [1.165, 1.54) is 0 Å². The van der Waals surface area contributed by atoms with Crippen LogP contribution in [-0.2, 0) is 11.2 Å². The number of fused-ring (bicyclic) bond motifs is 1. The summed E-state index contributed by atoms with van der Waals surface area (Å²) in [5.41, 5.74) is 1.02. The third-order valence-corrected chi connectivity index (χ3v) is 4.18. The van der Waals surface area contributed by atoms with E-state index < -0.39 is 0 Å². The lowest BCUT2D eigenvalue weighted by molar-refractivity contribution is -0.121. The maximum atomic E-state index is 12.1. The first kappa shape index (κ1) is 17.9. The van der Waals surface area contributed by atoms with E-state index in [9.17, 15) is 4.79 Å². The molecule has 2 aromatic rings. The van der Waals surface area contributed by atoms with Crippen LogP contribution in [0.5, 0.6) is 23.0 Å². The van der Waals surface area contributed by atoms with Crippen LogP contribution in [0.2, 0.25) is 0 Å². The van der Waals surface area contributed by atoms with Crippen molar-refractivity contribution in [1.29, 1.82) is 0 Å². The molecule has 138 valence electrons. The first-order valence-electron chi connectivity index (χ1n) is 8.55. The summed E-state index contributed by atoms with van der Waals surface area (Å²) in [4.78, 5) is 12.1. The minimum absolute atomic E-state index is 0.0257. The van der Waals surface area contributed by atoms with Crippen molar-refractivity contribution >= 4 is 5.91 Å². The van der Waals surface area contributed by atoms with Crippen molar-refractivity contribution in [3.8, 4) is 23.0 Å². The van der Waals surface area contributed by atoms with Gasteiger partial charge in [0.15, 0.2) is 23.0 Å². The second kappa shape index (κ2) is 8.47. The lowest BCUT2D eigenvalue weighted by Crippen LogP contribution is -2.40. The number of hydrogen-bond donors (Lipinski definition) is 1. The van der Waals surface area contributed by atoms with Crippen molar-refractivity contribution in [1.82, 2.24) is 5.32 Å². The standard InChI is InChI=1S/C20H23NO5/c1-23-16-9-7-14(11-19(16)24-2)8-10-20(22)21-12-15-13-25-17-5-3-4-6-18(17)26-15/h3-7,9,11,15H,8,10,12-13H2,1-2H3,(H,21,22)/t15-/m0/s1. The number of para-hydroxylation sites is 2. The number of methoxy groups -OCH3 is 2. The molecule has 1 amide bonds. The molecule has 0 fully saturated rings. The Labute approximate surface area is 153 Å². The average molecular weight is 357 g/mol. The molecule has 6 nitrogen and oxygen atoms in total. The molecule has 1 aliphatic rings. The van der Waals surface area contributed by atoms with Gasteiger partial charge in [-0.2, -0.15) is 0 Å². The molecule has 0 unspecified atom stereocenters. The van der Waals surface area contributed by atoms with Crippen LogP contribution < -0.4 is 24.3 Å². The highest BCUT2D eigenvalue weighted by molar-refractivity contribution is 5.76. The molecule has 26 heavy (non-hydrogen) atoms. The van der Waals surface area contributed by atoms with E-state index in [2.05, 4.69) is 5.32 Å². The number of nitrogens with one attached hydrogen (secondary N) is 1. The number of hydrogen-bond acceptors (Lipinski definition) is 5. The second-order valence-electron chi connectivity index (χ2n) is 5.99. The predicted octanol–water partition coefficient (Wildman–Crippen LogP) is 2.59. The minimum Gasteiger partial charge on any atom is -0.493 e. The molecular weight excluding hydrogens is 334 g/mol. The van der Waals surface area contributed by atoms with Gasteiger partial charge in [-0.15, -0.1) is 0 Å². The summed E-state index contributed by atoms with van der Waals surface area (Å²) in [6.07, 6.45) is 0.825. The maximum absolute atomic E-state index is 12.1. The van der Waals surface area contributed by atoms with E-state index in [0.717, 1.165) is 11.3 Å². The Bertz CT molecular complexity index is 762. The summed E-state index contributed by atoms with van der Waals surface area (Å²) in [6.45, 7) is 0.839. The first-order chi connectivity index (χ1) is 12.7. The zero-order chi connectivity index (χ0) is 18.4. The maximum Gasteiger partial charge on any atom is 0.220 e. The third kappa shape index (κ3) is 4.39. The number of carbonyl (C=O) groups excluding carboxylic acids is 1. The van der Waals surface area contributed by atoms with Gasteiger partial charge in [-0.3, -0.25) is 4.79 Å². The highest BCUT2D eigenvalue weighted by Crippen LogP contribution is 2.30. The number of amides is 1. The largest absolute Gasteiger partial charge is 0.493 e. The molecule has 0 radical (unpaired) electrons. The van der Waals surface area contributed by atoms with Gasteiger partial charge in [0.1, 0.15) is 12.7 Å². The summed E-state index contributed by atoms with van der Waals surface area (Å²) in [5, 5.41) is 2.90. The zero-order valence-electron chi connectivity index (χ0n) is 15.0. The Hall–Kier alpha value is -2.89. The molecule has 0 saturated heterocycles. The highest BCUT2D eigenvalue weighted by Gasteiger charge is 2.20. The summed E-state index contributed by atoms with van der Waals surface area (Å²) in [5.74, 6) is 2.77. The lowest BCUT2D eigenvalue weighted by Gasteiger charge is -2.26. The van der Waals surface area contributed by atoms with Gasteiger partial charge in [0.25, 0.3) is 0 Å². The molecule has 6 heteroatoms. The summed E-state index contributed by atoms with van der Waals surface area (Å²) in [6, 6.07) is 13.2. The quantitative estimate of drug-likeness (QED) is 0.825. The Morgan fingerprint density at radius 3 is 2.65 bits per heavy atom. The van der Waals surface area contributed by atoms with Crippen LogP contribution in [-0.4, -0.2) is 39.4 Å².